The molecule has 1 aliphatic heterocycles. The van der Waals surface area contributed by atoms with Gasteiger partial charge in [0.1, 0.15) is 0 Å². The second kappa shape index (κ2) is 8.84. The van der Waals surface area contributed by atoms with Gasteiger partial charge in [0.05, 0.1) is 5.56 Å². The SMILES string of the molecule is CC1CCN(c2ccc(NC(=O)NC34CC5CC(CC(C5)C3)C4)cc2C(=O)NC(C)C)CC1. The van der Waals surface area contributed by atoms with Crippen LogP contribution < -0.4 is 20.9 Å². The number of hydrogen-bond acceptors (Lipinski definition) is 3. The number of amides is 3. The zero-order chi connectivity index (χ0) is 23.2. The van der Waals surface area contributed by atoms with Crippen LogP contribution in [0.15, 0.2) is 18.2 Å². The lowest BCUT2D eigenvalue weighted by atomic mass is 9.53. The molecule has 33 heavy (non-hydrogen) atoms. The minimum absolute atomic E-state index is 0.0267. The minimum atomic E-state index is -0.133. The summed E-state index contributed by atoms with van der Waals surface area (Å²) in [6, 6.07) is 5.73. The molecule has 5 aliphatic rings. The van der Waals surface area contributed by atoms with Crippen molar-refractivity contribution in [3.8, 4) is 0 Å². The molecular formula is C27H40N4O2. The van der Waals surface area contributed by atoms with E-state index in [1.54, 1.807) is 0 Å². The van der Waals surface area contributed by atoms with Gasteiger partial charge in [0, 0.05) is 36.0 Å². The predicted octanol–water partition coefficient (Wildman–Crippen LogP) is 5.15. The zero-order valence-electron chi connectivity index (χ0n) is 20.5. The van der Waals surface area contributed by atoms with Gasteiger partial charge in [0.2, 0.25) is 0 Å². The van der Waals surface area contributed by atoms with E-state index in [9.17, 15) is 9.59 Å². The van der Waals surface area contributed by atoms with Gasteiger partial charge in [-0.15, -0.1) is 0 Å². The first kappa shape index (κ1) is 22.5. The molecule has 3 amide bonds. The third-order valence-electron chi connectivity index (χ3n) is 8.46. The Morgan fingerprint density at radius 3 is 2.18 bits per heavy atom. The Balaban J connectivity index is 1.31. The van der Waals surface area contributed by atoms with Gasteiger partial charge in [0.25, 0.3) is 5.91 Å². The van der Waals surface area contributed by atoms with Crippen LogP contribution in [-0.2, 0) is 0 Å². The van der Waals surface area contributed by atoms with E-state index in [4.69, 9.17) is 0 Å². The van der Waals surface area contributed by atoms with E-state index in [-0.39, 0.29) is 23.5 Å². The molecule has 4 saturated carbocycles. The highest BCUT2D eigenvalue weighted by atomic mass is 16.2. The number of nitrogens with one attached hydrogen (secondary N) is 3. The minimum Gasteiger partial charge on any atom is -0.371 e. The topological polar surface area (TPSA) is 73.5 Å². The van der Waals surface area contributed by atoms with Crippen molar-refractivity contribution in [1.29, 1.82) is 0 Å². The smallest absolute Gasteiger partial charge is 0.319 e. The molecule has 0 unspecified atom stereocenters. The van der Waals surface area contributed by atoms with Crippen molar-refractivity contribution in [2.45, 2.75) is 83.7 Å². The van der Waals surface area contributed by atoms with Crippen molar-refractivity contribution >= 4 is 23.3 Å². The number of benzene rings is 1. The monoisotopic (exact) mass is 452 g/mol. The third kappa shape index (κ3) is 4.85. The van der Waals surface area contributed by atoms with Gasteiger partial charge < -0.3 is 20.9 Å². The quantitative estimate of drug-likeness (QED) is 0.578. The van der Waals surface area contributed by atoms with Gasteiger partial charge in [0.15, 0.2) is 0 Å². The van der Waals surface area contributed by atoms with Crippen LogP contribution in [0.5, 0.6) is 0 Å². The van der Waals surface area contributed by atoms with Crippen LogP contribution in [0.25, 0.3) is 0 Å². The Morgan fingerprint density at radius 2 is 1.61 bits per heavy atom. The molecule has 6 nitrogen and oxygen atoms in total. The first-order valence-electron chi connectivity index (χ1n) is 13.1. The van der Waals surface area contributed by atoms with Crippen molar-refractivity contribution in [2.75, 3.05) is 23.3 Å². The Bertz CT molecular complexity index is 868. The summed E-state index contributed by atoms with van der Waals surface area (Å²) in [6.45, 7) is 8.16. The van der Waals surface area contributed by atoms with Crippen LogP contribution in [0.4, 0.5) is 16.2 Å². The van der Waals surface area contributed by atoms with Crippen LogP contribution in [0, 0.1) is 23.7 Å². The molecule has 1 aromatic carbocycles. The average molecular weight is 453 g/mol. The van der Waals surface area contributed by atoms with Crippen molar-refractivity contribution in [2.24, 2.45) is 23.7 Å². The van der Waals surface area contributed by atoms with Crippen LogP contribution in [0.1, 0.15) is 82.5 Å². The summed E-state index contributed by atoms with van der Waals surface area (Å²) in [7, 11) is 0. The Kier molecular flexibility index (Phi) is 6.04. The van der Waals surface area contributed by atoms with Gasteiger partial charge >= 0.3 is 6.03 Å². The molecule has 6 heteroatoms. The maximum absolute atomic E-state index is 13.1. The summed E-state index contributed by atoms with van der Waals surface area (Å²) >= 11 is 0. The van der Waals surface area contributed by atoms with Crippen LogP contribution >= 0.6 is 0 Å². The fourth-order valence-electron chi connectivity index (χ4n) is 7.33. The van der Waals surface area contributed by atoms with Gasteiger partial charge in [-0.2, -0.15) is 0 Å². The Hall–Kier alpha value is -2.24. The summed E-state index contributed by atoms with van der Waals surface area (Å²) in [5, 5.41) is 9.47. The molecule has 1 aromatic rings. The summed E-state index contributed by atoms with van der Waals surface area (Å²) < 4.78 is 0. The molecule has 0 spiro atoms. The molecule has 180 valence electrons. The Morgan fingerprint density at radius 1 is 1.00 bits per heavy atom. The zero-order valence-corrected chi connectivity index (χ0v) is 20.5. The van der Waals surface area contributed by atoms with E-state index in [1.165, 1.54) is 19.3 Å². The number of carbonyl (C=O) groups is 2. The molecule has 0 radical (unpaired) electrons. The number of urea groups is 1. The number of rotatable bonds is 5. The normalized spacial score (nSPS) is 31.0. The first-order chi connectivity index (χ1) is 15.8. The summed E-state index contributed by atoms with van der Waals surface area (Å²) in [5.74, 6) is 3.01. The molecule has 1 saturated heterocycles. The molecule has 6 rings (SSSR count). The van der Waals surface area contributed by atoms with E-state index in [2.05, 4.69) is 27.8 Å². The maximum Gasteiger partial charge on any atom is 0.319 e. The van der Waals surface area contributed by atoms with Gasteiger partial charge in [-0.25, -0.2) is 4.79 Å². The standard InChI is InChI=1S/C27H40N4O2/c1-17(2)28-25(32)23-13-22(4-5-24(23)31-8-6-18(3)7-9-31)29-26(33)30-27-14-19-10-20(15-27)12-21(11-19)16-27/h4-5,13,17-21H,6-12,14-16H2,1-3H3,(H,28,32)(H2,29,30,33). The summed E-state index contributed by atoms with van der Waals surface area (Å²) in [4.78, 5) is 28.4. The molecular weight excluding hydrogens is 412 g/mol. The lowest BCUT2D eigenvalue weighted by Crippen LogP contribution is -2.60. The second-order valence-corrected chi connectivity index (χ2v) is 11.8. The van der Waals surface area contributed by atoms with Crippen molar-refractivity contribution in [3.63, 3.8) is 0 Å². The van der Waals surface area contributed by atoms with Gasteiger partial charge in [-0.05, 0) is 107 Å². The van der Waals surface area contributed by atoms with Gasteiger partial charge in [-0.3, -0.25) is 4.79 Å². The van der Waals surface area contributed by atoms with Crippen LogP contribution in [0.2, 0.25) is 0 Å². The number of nitrogens with zero attached hydrogens (tertiary/aromatic N) is 1. The van der Waals surface area contributed by atoms with Crippen molar-refractivity contribution in [1.82, 2.24) is 10.6 Å². The van der Waals surface area contributed by atoms with E-state index in [0.29, 0.717) is 11.3 Å². The summed E-state index contributed by atoms with van der Waals surface area (Å²) in [5.41, 5.74) is 2.26. The van der Waals surface area contributed by atoms with Crippen molar-refractivity contribution < 1.29 is 9.59 Å². The maximum atomic E-state index is 13.1. The molecule has 5 fully saturated rings. The molecule has 4 aliphatic carbocycles. The molecule has 0 aromatic heterocycles. The highest BCUT2D eigenvalue weighted by Gasteiger charge is 2.51. The van der Waals surface area contributed by atoms with Crippen LogP contribution in [-0.4, -0.2) is 36.6 Å². The highest BCUT2D eigenvalue weighted by molar-refractivity contribution is 6.02. The molecule has 0 atom stereocenters. The number of carbonyl (C=O) groups excluding carboxylic acids is 2. The summed E-state index contributed by atoms with van der Waals surface area (Å²) in [6.07, 6.45) is 9.72. The lowest BCUT2D eigenvalue weighted by molar-refractivity contribution is -0.0127. The number of hydrogen-bond donors (Lipinski definition) is 3. The van der Waals surface area contributed by atoms with E-state index in [0.717, 1.165) is 74.6 Å². The van der Waals surface area contributed by atoms with Crippen molar-refractivity contribution in [3.05, 3.63) is 23.8 Å². The molecule has 4 bridgehead atoms. The molecule has 1 heterocycles. The Labute approximate surface area is 198 Å². The fourth-order valence-corrected chi connectivity index (χ4v) is 7.33. The first-order valence-corrected chi connectivity index (χ1v) is 13.1. The van der Waals surface area contributed by atoms with E-state index < -0.39 is 0 Å². The number of piperidine rings is 1. The van der Waals surface area contributed by atoms with Gasteiger partial charge in [-0.1, -0.05) is 6.92 Å². The lowest BCUT2D eigenvalue weighted by Gasteiger charge is -2.56. The van der Waals surface area contributed by atoms with E-state index in [1.807, 2.05) is 32.0 Å². The third-order valence-corrected chi connectivity index (χ3v) is 8.46. The number of anilines is 2. The molecule has 3 N–H and O–H groups in total. The van der Waals surface area contributed by atoms with E-state index >= 15 is 0 Å². The fraction of sp³-hybridized carbons (Fsp3) is 0.704. The largest absolute Gasteiger partial charge is 0.371 e. The van der Waals surface area contributed by atoms with Crippen LogP contribution in [0.3, 0.4) is 0 Å². The average Bonchev–Trinajstić information content (AvgIpc) is 2.72. The second-order valence-electron chi connectivity index (χ2n) is 11.8. The highest BCUT2D eigenvalue weighted by Crippen LogP contribution is 2.55. The predicted molar refractivity (Wildman–Crippen MR) is 133 cm³/mol.